The number of aromatic nitrogens is 2. The zero-order chi connectivity index (χ0) is 11.5. The maximum absolute atomic E-state index is 11.5. The highest BCUT2D eigenvalue weighted by Crippen LogP contribution is 2.00. The molecular weight excluding hydrogens is 210 g/mol. The summed E-state index contributed by atoms with van der Waals surface area (Å²) in [4.78, 5) is 22.4. The van der Waals surface area contributed by atoms with Gasteiger partial charge in [-0.05, 0) is 6.07 Å². The monoisotopic (exact) mass is 223 g/mol. The van der Waals surface area contributed by atoms with Crippen LogP contribution in [0.15, 0.2) is 12.3 Å². The minimum absolute atomic E-state index is 0.0337. The average Bonchev–Trinajstić information content (AvgIpc) is 2.76. The molecule has 1 fully saturated rings. The quantitative estimate of drug-likeness (QED) is 0.578. The van der Waals surface area contributed by atoms with Crippen LogP contribution in [0.5, 0.6) is 0 Å². The van der Waals surface area contributed by atoms with Crippen molar-refractivity contribution in [3.05, 3.63) is 12.3 Å². The largest absolute Gasteiger partial charge is 0.382 e. The van der Waals surface area contributed by atoms with Gasteiger partial charge in [-0.3, -0.25) is 14.3 Å². The predicted octanol–water partition coefficient (Wildman–Crippen LogP) is -1.53. The number of nitrogens with zero attached hydrogens (tertiary/aromatic N) is 2. The minimum atomic E-state index is -0.176. The Balaban J connectivity index is 1.82. The standard InChI is InChI=1S/C9H13N5O2/c10-7-1-2-14(13-7)5-9(16)12-6-3-8(15)11-4-6/h1-2,6H,3-5H2,(H2,10,13)(H,11,15)(H,12,16). The second-order valence-electron chi connectivity index (χ2n) is 3.71. The summed E-state index contributed by atoms with van der Waals surface area (Å²) in [5.74, 6) is 0.170. The van der Waals surface area contributed by atoms with E-state index in [1.807, 2.05) is 0 Å². The summed E-state index contributed by atoms with van der Waals surface area (Å²) >= 11 is 0. The van der Waals surface area contributed by atoms with E-state index in [1.165, 1.54) is 4.68 Å². The highest BCUT2D eigenvalue weighted by atomic mass is 16.2. The van der Waals surface area contributed by atoms with Crippen LogP contribution in [0.2, 0.25) is 0 Å². The van der Waals surface area contributed by atoms with Crippen LogP contribution in [0.25, 0.3) is 0 Å². The molecule has 7 nitrogen and oxygen atoms in total. The fourth-order valence-corrected chi connectivity index (χ4v) is 1.59. The molecule has 0 bridgehead atoms. The van der Waals surface area contributed by atoms with Crippen molar-refractivity contribution in [2.75, 3.05) is 12.3 Å². The van der Waals surface area contributed by atoms with Crippen molar-refractivity contribution in [3.8, 4) is 0 Å². The van der Waals surface area contributed by atoms with Crippen LogP contribution < -0.4 is 16.4 Å². The first-order chi connectivity index (χ1) is 7.63. The van der Waals surface area contributed by atoms with Crippen LogP contribution in [0, 0.1) is 0 Å². The molecule has 0 saturated carbocycles. The van der Waals surface area contributed by atoms with Gasteiger partial charge in [-0.15, -0.1) is 0 Å². The molecule has 1 atom stereocenters. The molecule has 1 aliphatic heterocycles. The smallest absolute Gasteiger partial charge is 0.242 e. The first kappa shape index (κ1) is 10.5. The Hall–Kier alpha value is -2.05. The van der Waals surface area contributed by atoms with Gasteiger partial charge in [0.2, 0.25) is 11.8 Å². The zero-order valence-electron chi connectivity index (χ0n) is 8.64. The number of hydrogen-bond donors (Lipinski definition) is 3. The summed E-state index contributed by atoms with van der Waals surface area (Å²) in [7, 11) is 0. The number of nitrogen functional groups attached to an aromatic ring is 1. The van der Waals surface area contributed by atoms with Gasteiger partial charge < -0.3 is 16.4 Å². The molecular formula is C9H13N5O2. The molecule has 16 heavy (non-hydrogen) atoms. The highest BCUT2D eigenvalue weighted by molar-refractivity contribution is 5.81. The third kappa shape index (κ3) is 2.50. The molecule has 1 unspecified atom stereocenters. The lowest BCUT2D eigenvalue weighted by atomic mass is 10.2. The number of nitrogens with one attached hydrogen (secondary N) is 2. The van der Waals surface area contributed by atoms with Crippen LogP contribution in [-0.2, 0) is 16.1 Å². The maximum atomic E-state index is 11.5. The SMILES string of the molecule is Nc1ccn(CC(=O)NC2CNC(=O)C2)n1. The lowest BCUT2D eigenvalue weighted by Crippen LogP contribution is -2.38. The molecule has 0 spiro atoms. The first-order valence-electron chi connectivity index (χ1n) is 4.98. The van der Waals surface area contributed by atoms with E-state index in [-0.39, 0.29) is 24.4 Å². The second kappa shape index (κ2) is 4.21. The van der Waals surface area contributed by atoms with Gasteiger partial charge >= 0.3 is 0 Å². The Morgan fingerprint density at radius 3 is 3.12 bits per heavy atom. The van der Waals surface area contributed by atoms with Crippen molar-refractivity contribution in [1.29, 1.82) is 0 Å². The van der Waals surface area contributed by atoms with E-state index in [0.717, 1.165) is 0 Å². The number of rotatable bonds is 3. The van der Waals surface area contributed by atoms with Gasteiger partial charge in [-0.25, -0.2) is 0 Å². The summed E-state index contributed by atoms with van der Waals surface area (Å²) in [6.45, 7) is 0.605. The van der Waals surface area contributed by atoms with E-state index in [9.17, 15) is 9.59 Å². The normalized spacial score (nSPS) is 19.5. The summed E-state index contributed by atoms with van der Waals surface area (Å²) < 4.78 is 1.45. The van der Waals surface area contributed by atoms with Gasteiger partial charge in [0.15, 0.2) is 0 Å². The van der Waals surface area contributed by atoms with Crippen LogP contribution in [-0.4, -0.2) is 34.2 Å². The van der Waals surface area contributed by atoms with Crippen molar-refractivity contribution in [2.24, 2.45) is 0 Å². The molecule has 2 amide bonds. The second-order valence-corrected chi connectivity index (χ2v) is 3.71. The van der Waals surface area contributed by atoms with E-state index in [0.29, 0.717) is 18.8 Å². The molecule has 2 rings (SSSR count). The van der Waals surface area contributed by atoms with Gasteiger partial charge in [0.25, 0.3) is 0 Å². The molecule has 1 saturated heterocycles. The molecule has 1 aromatic heterocycles. The fourth-order valence-electron chi connectivity index (χ4n) is 1.59. The van der Waals surface area contributed by atoms with E-state index in [2.05, 4.69) is 15.7 Å². The van der Waals surface area contributed by atoms with Crippen molar-refractivity contribution in [1.82, 2.24) is 20.4 Å². The van der Waals surface area contributed by atoms with Crippen molar-refractivity contribution in [3.63, 3.8) is 0 Å². The topological polar surface area (TPSA) is 102 Å². The Morgan fingerprint density at radius 1 is 1.75 bits per heavy atom. The van der Waals surface area contributed by atoms with Crippen molar-refractivity contribution >= 4 is 17.6 Å². The predicted molar refractivity (Wildman–Crippen MR) is 56.2 cm³/mol. The summed E-state index contributed by atoms with van der Waals surface area (Å²) in [5.41, 5.74) is 5.42. The molecule has 0 radical (unpaired) electrons. The van der Waals surface area contributed by atoms with E-state index < -0.39 is 0 Å². The Morgan fingerprint density at radius 2 is 2.56 bits per heavy atom. The number of carbonyl (C=O) groups excluding carboxylic acids is 2. The third-order valence-electron chi connectivity index (χ3n) is 2.31. The Bertz CT molecular complexity index is 414. The van der Waals surface area contributed by atoms with Crippen LogP contribution in [0.4, 0.5) is 5.82 Å². The van der Waals surface area contributed by atoms with Gasteiger partial charge in [-0.2, -0.15) is 5.10 Å². The molecule has 1 aliphatic rings. The zero-order valence-corrected chi connectivity index (χ0v) is 8.64. The van der Waals surface area contributed by atoms with Crippen LogP contribution >= 0.6 is 0 Å². The van der Waals surface area contributed by atoms with Gasteiger partial charge in [0.1, 0.15) is 12.4 Å². The number of hydrogen-bond acceptors (Lipinski definition) is 4. The summed E-state index contributed by atoms with van der Waals surface area (Å²) in [5, 5.41) is 9.28. The average molecular weight is 223 g/mol. The molecule has 0 aliphatic carbocycles. The van der Waals surface area contributed by atoms with Gasteiger partial charge in [0.05, 0.1) is 6.04 Å². The molecule has 7 heteroatoms. The number of nitrogens with two attached hydrogens (primary N) is 1. The van der Waals surface area contributed by atoms with E-state index >= 15 is 0 Å². The fraction of sp³-hybridized carbons (Fsp3) is 0.444. The van der Waals surface area contributed by atoms with Crippen molar-refractivity contribution in [2.45, 2.75) is 19.0 Å². The number of amides is 2. The van der Waals surface area contributed by atoms with Crippen molar-refractivity contribution < 1.29 is 9.59 Å². The lowest BCUT2D eigenvalue weighted by Gasteiger charge is -2.09. The molecule has 1 aromatic rings. The Kier molecular flexibility index (Phi) is 2.76. The lowest BCUT2D eigenvalue weighted by molar-refractivity contribution is -0.122. The highest BCUT2D eigenvalue weighted by Gasteiger charge is 2.22. The minimum Gasteiger partial charge on any atom is -0.382 e. The molecule has 2 heterocycles. The van der Waals surface area contributed by atoms with Crippen LogP contribution in [0.3, 0.4) is 0 Å². The Labute approximate surface area is 92.0 Å². The van der Waals surface area contributed by atoms with Gasteiger partial charge in [0, 0.05) is 19.2 Å². The third-order valence-corrected chi connectivity index (χ3v) is 2.31. The van der Waals surface area contributed by atoms with E-state index in [1.54, 1.807) is 12.3 Å². The van der Waals surface area contributed by atoms with Gasteiger partial charge in [-0.1, -0.05) is 0 Å². The van der Waals surface area contributed by atoms with E-state index in [4.69, 9.17) is 5.73 Å². The molecule has 0 aromatic carbocycles. The molecule has 86 valence electrons. The van der Waals surface area contributed by atoms with Crippen LogP contribution in [0.1, 0.15) is 6.42 Å². The molecule has 4 N–H and O–H groups in total. The number of carbonyl (C=O) groups is 2. The maximum Gasteiger partial charge on any atom is 0.242 e. The first-order valence-corrected chi connectivity index (χ1v) is 4.98. The number of anilines is 1. The summed E-state index contributed by atoms with van der Waals surface area (Å²) in [6.07, 6.45) is 1.97. The summed E-state index contributed by atoms with van der Waals surface area (Å²) in [6, 6.07) is 1.50.